The highest BCUT2D eigenvalue weighted by Gasteiger charge is 2.26. The summed E-state index contributed by atoms with van der Waals surface area (Å²) < 4.78 is 0. The van der Waals surface area contributed by atoms with Crippen LogP contribution in [0.4, 0.5) is 5.00 Å². The van der Waals surface area contributed by atoms with Crippen LogP contribution in [0.1, 0.15) is 58.6 Å². The number of pyridine rings is 1. The Morgan fingerprint density at radius 2 is 1.97 bits per heavy atom. The van der Waals surface area contributed by atoms with Gasteiger partial charge in [-0.05, 0) is 54.9 Å². The number of nitriles is 1. The minimum absolute atomic E-state index is 0.202. The molecule has 5 rings (SSSR count). The first-order chi connectivity index (χ1) is 16.6. The molecule has 0 bridgehead atoms. The average Bonchev–Trinajstić information content (AvgIpc) is 3.23. The third-order valence-electron chi connectivity index (χ3n) is 6.90. The summed E-state index contributed by atoms with van der Waals surface area (Å²) in [7, 11) is 0. The molecule has 0 saturated heterocycles. The fourth-order valence-electron chi connectivity index (χ4n) is 4.80. The molecule has 0 saturated carbocycles. The number of amides is 1. The predicted molar refractivity (Wildman–Crippen MR) is 139 cm³/mol. The lowest BCUT2D eigenvalue weighted by atomic mass is 9.86. The third-order valence-corrected chi connectivity index (χ3v) is 8.07. The average molecular weight is 466 g/mol. The van der Waals surface area contributed by atoms with Gasteiger partial charge in [0.05, 0.1) is 22.3 Å². The lowest BCUT2D eigenvalue weighted by molar-refractivity contribution is 0.102. The number of hydrogen-bond donors (Lipinski definition) is 1. The van der Waals surface area contributed by atoms with Gasteiger partial charge in [0.25, 0.3) is 5.91 Å². The number of rotatable bonds is 5. The van der Waals surface area contributed by atoms with Gasteiger partial charge in [0.1, 0.15) is 11.1 Å². The molecule has 1 atom stereocenters. The molecule has 2 heterocycles. The van der Waals surface area contributed by atoms with Crippen molar-refractivity contribution in [1.29, 1.82) is 5.26 Å². The van der Waals surface area contributed by atoms with E-state index in [2.05, 4.69) is 49.5 Å². The first-order valence-electron chi connectivity index (χ1n) is 12.0. The summed E-state index contributed by atoms with van der Waals surface area (Å²) in [4.78, 5) is 19.6. The maximum Gasteiger partial charge on any atom is 0.257 e. The van der Waals surface area contributed by atoms with Crippen molar-refractivity contribution in [2.24, 2.45) is 5.92 Å². The van der Waals surface area contributed by atoms with E-state index >= 15 is 0 Å². The number of aryl methyl sites for hydroxylation is 1. The number of hydrogen-bond acceptors (Lipinski definition) is 4. The van der Waals surface area contributed by atoms with Gasteiger partial charge >= 0.3 is 0 Å². The Bertz CT molecular complexity index is 1410. The molecule has 4 nitrogen and oxygen atoms in total. The molecule has 0 aliphatic heterocycles. The van der Waals surface area contributed by atoms with E-state index in [-0.39, 0.29) is 5.91 Å². The van der Waals surface area contributed by atoms with Crippen molar-refractivity contribution in [3.63, 3.8) is 0 Å². The van der Waals surface area contributed by atoms with Crippen molar-refractivity contribution >= 4 is 33.1 Å². The van der Waals surface area contributed by atoms with Crippen molar-refractivity contribution in [3.8, 4) is 17.3 Å². The van der Waals surface area contributed by atoms with Gasteiger partial charge in [0, 0.05) is 15.8 Å². The van der Waals surface area contributed by atoms with Crippen LogP contribution in [-0.2, 0) is 19.3 Å². The predicted octanol–water partition coefficient (Wildman–Crippen LogP) is 7.16. The van der Waals surface area contributed by atoms with E-state index in [9.17, 15) is 10.1 Å². The molecule has 0 fully saturated rings. The number of thiophene rings is 1. The zero-order valence-corrected chi connectivity index (χ0v) is 20.3. The van der Waals surface area contributed by atoms with Crippen molar-refractivity contribution in [2.75, 3.05) is 5.32 Å². The van der Waals surface area contributed by atoms with Crippen LogP contribution in [0, 0.1) is 17.2 Å². The summed E-state index contributed by atoms with van der Waals surface area (Å²) >= 11 is 1.57. The Morgan fingerprint density at radius 3 is 2.71 bits per heavy atom. The van der Waals surface area contributed by atoms with Crippen LogP contribution < -0.4 is 5.32 Å². The van der Waals surface area contributed by atoms with Gasteiger partial charge in [0.15, 0.2) is 0 Å². The second-order valence-corrected chi connectivity index (χ2v) is 10.0. The molecule has 34 heavy (non-hydrogen) atoms. The van der Waals surface area contributed by atoms with E-state index in [1.165, 1.54) is 10.4 Å². The number of carbonyl (C=O) groups excluding carboxylic acids is 1. The lowest BCUT2D eigenvalue weighted by Crippen LogP contribution is -2.13. The van der Waals surface area contributed by atoms with Crippen molar-refractivity contribution in [3.05, 3.63) is 81.7 Å². The molecule has 1 aliphatic carbocycles. The highest BCUT2D eigenvalue weighted by atomic mass is 32.1. The fourth-order valence-corrected chi connectivity index (χ4v) is 6.11. The molecular formula is C29H27N3OS. The first-order valence-corrected chi connectivity index (χ1v) is 12.8. The quantitative estimate of drug-likeness (QED) is 0.340. The molecule has 0 radical (unpaired) electrons. The Morgan fingerprint density at radius 1 is 1.18 bits per heavy atom. The molecule has 1 unspecified atom stereocenters. The van der Waals surface area contributed by atoms with E-state index in [0.717, 1.165) is 59.8 Å². The maximum absolute atomic E-state index is 13.6. The summed E-state index contributed by atoms with van der Waals surface area (Å²) in [5, 5.41) is 14.4. The van der Waals surface area contributed by atoms with Gasteiger partial charge in [-0.2, -0.15) is 5.26 Å². The monoisotopic (exact) mass is 465 g/mol. The van der Waals surface area contributed by atoms with Gasteiger partial charge in [-0.1, -0.05) is 62.7 Å². The number of para-hydroxylation sites is 1. The van der Waals surface area contributed by atoms with Crippen LogP contribution >= 0.6 is 11.3 Å². The second kappa shape index (κ2) is 9.40. The summed E-state index contributed by atoms with van der Waals surface area (Å²) in [6.45, 7) is 4.35. The molecule has 2 aromatic heterocycles. The van der Waals surface area contributed by atoms with Gasteiger partial charge in [0.2, 0.25) is 0 Å². The molecule has 5 heteroatoms. The highest BCUT2D eigenvalue weighted by molar-refractivity contribution is 7.16. The number of carbonyl (C=O) groups is 1. The minimum atomic E-state index is -0.202. The molecule has 2 aromatic carbocycles. The minimum Gasteiger partial charge on any atom is -0.312 e. The SMILES string of the molecule is CCc1ccc(-c2cc(C(=O)Nc3sc4c(c3C#N)CCC(CC)C4)c3ccccc3n2)cc1. The Kier molecular flexibility index (Phi) is 6.17. The van der Waals surface area contributed by atoms with Gasteiger partial charge in [-0.3, -0.25) is 4.79 Å². The number of aromatic nitrogens is 1. The van der Waals surface area contributed by atoms with Crippen molar-refractivity contribution in [1.82, 2.24) is 4.98 Å². The van der Waals surface area contributed by atoms with Crippen LogP contribution in [0.5, 0.6) is 0 Å². The number of fused-ring (bicyclic) bond motifs is 2. The van der Waals surface area contributed by atoms with Gasteiger partial charge in [-0.15, -0.1) is 11.3 Å². The third kappa shape index (κ3) is 4.10. The summed E-state index contributed by atoms with van der Waals surface area (Å²) in [5.41, 5.74) is 6.12. The Labute approximate surface area is 204 Å². The van der Waals surface area contributed by atoms with E-state index in [4.69, 9.17) is 4.98 Å². The molecule has 0 spiro atoms. The zero-order chi connectivity index (χ0) is 23.7. The smallest absolute Gasteiger partial charge is 0.257 e. The molecule has 4 aromatic rings. The maximum atomic E-state index is 13.6. The summed E-state index contributed by atoms with van der Waals surface area (Å²) in [5.74, 6) is 0.458. The molecule has 1 aliphatic rings. The summed E-state index contributed by atoms with van der Waals surface area (Å²) in [6.07, 6.45) is 5.14. The fraction of sp³-hybridized carbons (Fsp3) is 0.276. The van der Waals surface area contributed by atoms with Crippen molar-refractivity contribution in [2.45, 2.75) is 46.0 Å². The highest BCUT2D eigenvalue weighted by Crippen LogP contribution is 2.40. The number of nitrogens with zero attached hydrogens (tertiary/aromatic N) is 2. The lowest BCUT2D eigenvalue weighted by Gasteiger charge is -2.20. The number of nitrogens with one attached hydrogen (secondary N) is 1. The van der Waals surface area contributed by atoms with Gasteiger partial charge in [-0.25, -0.2) is 4.98 Å². The summed E-state index contributed by atoms with van der Waals surface area (Å²) in [6, 6.07) is 20.3. The standard InChI is InChI=1S/C29H27N3OS/c1-3-18-9-12-20(13-10-18)26-16-23(21-7-5-6-8-25(21)31-26)28(33)32-29-24(17-30)22-14-11-19(4-2)15-27(22)34-29/h5-10,12-13,16,19H,3-4,11,14-15H2,1-2H3,(H,32,33). The van der Waals surface area contributed by atoms with Crippen LogP contribution in [0.3, 0.4) is 0 Å². The molecule has 170 valence electrons. The number of benzene rings is 2. The normalized spacial score (nSPS) is 15.0. The first kappa shape index (κ1) is 22.3. The molecular weight excluding hydrogens is 438 g/mol. The number of anilines is 1. The Balaban J connectivity index is 1.54. The van der Waals surface area contributed by atoms with E-state index in [1.807, 2.05) is 30.3 Å². The van der Waals surface area contributed by atoms with E-state index in [0.29, 0.717) is 22.0 Å². The van der Waals surface area contributed by atoms with E-state index < -0.39 is 0 Å². The van der Waals surface area contributed by atoms with Crippen LogP contribution in [0.2, 0.25) is 0 Å². The van der Waals surface area contributed by atoms with E-state index in [1.54, 1.807) is 11.3 Å². The molecule has 1 amide bonds. The zero-order valence-electron chi connectivity index (χ0n) is 19.5. The largest absolute Gasteiger partial charge is 0.312 e. The van der Waals surface area contributed by atoms with Crippen molar-refractivity contribution < 1.29 is 4.79 Å². The van der Waals surface area contributed by atoms with Gasteiger partial charge < -0.3 is 5.32 Å². The topological polar surface area (TPSA) is 65.8 Å². The Hall–Kier alpha value is -3.49. The molecule has 1 N–H and O–H groups in total. The van der Waals surface area contributed by atoms with Crippen LogP contribution in [-0.4, -0.2) is 10.9 Å². The van der Waals surface area contributed by atoms with Crippen LogP contribution in [0.25, 0.3) is 22.2 Å². The van der Waals surface area contributed by atoms with Crippen LogP contribution in [0.15, 0.2) is 54.6 Å². The second-order valence-electron chi connectivity index (χ2n) is 8.91.